The van der Waals surface area contributed by atoms with Crippen LogP contribution in [0.2, 0.25) is 0 Å². The predicted octanol–water partition coefficient (Wildman–Crippen LogP) is 2.16. The van der Waals surface area contributed by atoms with Gasteiger partial charge in [0.2, 0.25) is 0 Å². The highest BCUT2D eigenvalue weighted by molar-refractivity contribution is 5.18. The molecule has 0 bridgehead atoms. The second-order valence-electron chi connectivity index (χ2n) is 3.87. The largest absolute Gasteiger partial charge is 0.299 e. The molecule has 0 radical (unpaired) electrons. The van der Waals surface area contributed by atoms with Crippen molar-refractivity contribution in [3.63, 3.8) is 0 Å². The molecule has 2 nitrogen and oxygen atoms in total. The smallest absolute Gasteiger partial charge is 0.0372 e. The van der Waals surface area contributed by atoms with Crippen LogP contribution in [-0.2, 0) is 0 Å². The topological polar surface area (TPSA) is 16.1 Å². The van der Waals surface area contributed by atoms with Crippen molar-refractivity contribution in [2.24, 2.45) is 0 Å². The molecule has 1 fully saturated rings. The van der Waals surface area contributed by atoms with Crippen molar-refractivity contribution in [1.29, 1.82) is 0 Å². The van der Waals surface area contributed by atoms with Crippen molar-refractivity contribution in [3.8, 4) is 0 Å². The molecule has 0 aromatic carbocycles. The fourth-order valence-corrected chi connectivity index (χ4v) is 2.01. The Bertz CT molecular complexity index is 279. The fourth-order valence-electron chi connectivity index (χ4n) is 2.01. The number of nitrogens with zero attached hydrogens (tertiary/aromatic N) is 2. The summed E-state index contributed by atoms with van der Waals surface area (Å²) in [7, 11) is 2.19. The lowest BCUT2D eigenvalue weighted by Gasteiger charge is -2.19. The SMILES string of the molecule is Cc1ccc(C2CCCN2C)cn1. The molecule has 0 aliphatic carbocycles. The quantitative estimate of drug-likeness (QED) is 0.652. The van der Waals surface area contributed by atoms with Gasteiger partial charge in [-0.05, 0) is 45.0 Å². The number of pyridine rings is 1. The molecular weight excluding hydrogens is 160 g/mol. The minimum Gasteiger partial charge on any atom is -0.299 e. The normalized spacial score (nSPS) is 23.7. The number of aromatic nitrogens is 1. The standard InChI is InChI=1S/C11H16N2/c1-9-5-6-10(8-12-9)11-4-3-7-13(11)2/h5-6,8,11H,3-4,7H2,1-2H3. The number of aryl methyl sites for hydroxylation is 1. The van der Waals surface area contributed by atoms with E-state index in [4.69, 9.17) is 0 Å². The van der Waals surface area contributed by atoms with Crippen molar-refractivity contribution < 1.29 is 0 Å². The van der Waals surface area contributed by atoms with Crippen LogP contribution in [0.25, 0.3) is 0 Å². The minimum atomic E-state index is 0.605. The van der Waals surface area contributed by atoms with Gasteiger partial charge in [-0.2, -0.15) is 0 Å². The molecule has 2 rings (SSSR count). The first kappa shape index (κ1) is 8.70. The van der Waals surface area contributed by atoms with Crippen molar-refractivity contribution in [2.45, 2.75) is 25.8 Å². The van der Waals surface area contributed by atoms with E-state index in [-0.39, 0.29) is 0 Å². The first-order valence-corrected chi connectivity index (χ1v) is 4.90. The van der Waals surface area contributed by atoms with Crippen LogP contribution in [0.3, 0.4) is 0 Å². The van der Waals surface area contributed by atoms with Crippen LogP contribution in [-0.4, -0.2) is 23.5 Å². The van der Waals surface area contributed by atoms with Gasteiger partial charge in [0.25, 0.3) is 0 Å². The summed E-state index contributed by atoms with van der Waals surface area (Å²) in [6.45, 7) is 3.25. The number of likely N-dealkylation sites (tertiary alicyclic amines) is 1. The number of hydrogen-bond acceptors (Lipinski definition) is 2. The van der Waals surface area contributed by atoms with E-state index in [0.717, 1.165) is 5.69 Å². The van der Waals surface area contributed by atoms with E-state index in [1.807, 2.05) is 13.1 Å². The molecule has 1 unspecified atom stereocenters. The Hall–Kier alpha value is -0.890. The van der Waals surface area contributed by atoms with Crippen molar-refractivity contribution in [2.75, 3.05) is 13.6 Å². The number of rotatable bonds is 1. The van der Waals surface area contributed by atoms with Gasteiger partial charge in [-0.1, -0.05) is 6.07 Å². The summed E-state index contributed by atoms with van der Waals surface area (Å²) in [5.74, 6) is 0. The average Bonchev–Trinajstić information content (AvgIpc) is 2.53. The summed E-state index contributed by atoms with van der Waals surface area (Å²) >= 11 is 0. The molecule has 0 spiro atoms. The van der Waals surface area contributed by atoms with Crippen LogP contribution >= 0.6 is 0 Å². The highest BCUT2D eigenvalue weighted by atomic mass is 15.1. The first-order valence-electron chi connectivity index (χ1n) is 4.90. The van der Waals surface area contributed by atoms with Crippen LogP contribution in [0.1, 0.15) is 30.1 Å². The summed E-state index contributed by atoms with van der Waals surface area (Å²) in [6.07, 6.45) is 4.61. The summed E-state index contributed by atoms with van der Waals surface area (Å²) in [5, 5.41) is 0. The lowest BCUT2D eigenvalue weighted by Crippen LogP contribution is -2.17. The molecule has 1 aromatic rings. The van der Waals surface area contributed by atoms with Gasteiger partial charge in [0.05, 0.1) is 0 Å². The minimum absolute atomic E-state index is 0.605. The van der Waals surface area contributed by atoms with E-state index in [1.54, 1.807) is 0 Å². The Labute approximate surface area is 79.6 Å². The van der Waals surface area contributed by atoms with E-state index in [1.165, 1.54) is 24.9 Å². The third kappa shape index (κ3) is 1.73. The summed E-state index contributed by atoms with van der Waals surface area (Å²) < 4.78 is 0. The molecule has 1 aliphatic heterocycles. The van der Waals surface area contributed by atoms with Gasteiger partial charge >= 0.3 is 0 Å². The molecule has 1 aromatic heterocycles. The third-order valence-electron chi connectivity index (χ3n) is 2.84. The van der Waals surface area contributed by atoms with Gasteiger partial charge in [0.1, 0.15) is 0 Å². The second-order valence-corrected chi connectivity index (χ2v) is 3.87. The van der Waals surface area contributed by atoms with E-state index < -0.39 is 0 Å². The highest BCUT2D eigenvalue weighted by Crippen LogP contribution is 2.29. The Morgan fingerprint density at radius 1 is 1.46 bits per heavy atom. The fraction of sp³-hybridized carbons (Fsp3) is 0.545. The van der Waals surface area contributed by atoms with E-state index >= 15 is 0 Å². The van der Waals surface area contributed by atoms with Gasteiger partial charge in [-0.15, -0.1) is 0 Å². The van der Waals surface area contributed by atoms with E-state index in [2.05, 4.69) is 29.1 Å². The zero-order valence-electron chi connectivity index (χ0n) is 8.33. The van der Waals surface area contributed by atoms with Crippen LogP contribution < -0.4 is 0 Å². The van der Waals surface area contributed by atoms with Crippen LogP contribution in [0.5, 0.6) is 0 Å². The number of hydrogen-bond donors (Lipinski definition) is 0. The van der Waals surface area contributed by atoms with Gasteiger partial charge < -0.3 is 0 Å². The second kappa shape index (κ2) is 3.46. The maximum atomic E-state index is 4.33. The predicted molar refractivity (Wildman–Crippen MR) is 53.6 cm³/mol. The van der Waals surface area contributed by atoms with E-state index in [9.17, 15) is 0 Å². The van der Waals surface area contributed by atoms with Crippen LogP contribution in [0.15, 0.2) is 18.3 Å². The maximum absolute atomic E-state index is 4.33. The molecule has 1 saturated heterocycles. The Morgan fingerprint density at radius 2 is 2.31 bits per heavy atom. The zero-order chi connectivity index (χ0) is 9.26. The molecule has 1 atom stereocenters. The molecule has 2 heterocycles. The molecule has 0 amide bonds. The van der Waals surface area contributed by atoms with Gasteiger partial charge in [-0.3, -0.25) is 9.88 Å². The van der Waals surface area contributed by atoms with Crippen molar-refractivity contribution in [3.05, 3.63) is 29.6 Å². The summed E-state index contributed by atoms with van der Waals surface area (Å²) in [4.78, 5) is 6.74. The highest BCUT2D eigenvalue weighted by Gasteiger charge is 2.22. The maximum Gasteiger partial charge on any atom is 0.0372 e. The molecule has 70 valence electrons. The van der Waals surface area contributed by atoms with Crippen molar-refractivity contribution >= 4 is 0 Å². The monoisotopic (exact) mass is 176 g/mol. The molecule has 13 heavy (non-hydrogen) atoms. The van der Waals surface area contributed by atoms with Gasteiger partial charge in [0.15, 0.2) is 0 Å². The van der Waals surface area contributed by atoms with Crippen molar-refractivity contribution in [1.82, 2.24) is 9.88 Å². The Kier molecular flexibility index (Phi) is 2.32. The zero-order valence-corrected chi connectivity index (χ0v) is 8.33. The van der Waals surface area contributed by atoms with Gasteiger partial charge in [-0.25, -0.2) is 0 Å². The summed E-state index contributed by atoms with van der Waals surface area (Å²) in [6, 6.07) is 4.91. The third-order valence-corrected chi connectivity index (χ3v) is 2.84. The molecular formula is C11H16N2. The molecule has 1 aliphatic rings. The lowest BCUT2D eigenvalue weighted by molar-refractivity contribution is 0.317. The summed E-state index contributed by atoms with van der Waals surface area (Å²) in [5.41, 5.74) is 2.47. The Balaban J connectivity index is 2.20. The Morgan fingerprint density at radius 3 is 2.85 bits per heavy atom. The molecule has 0 N–H and O–H groups in total. The van der Waals surface area contributed by atoms with E-state index in [0.29, 0.717) is 6.04 Å². The first-order chi connectivity index (χ1) is 6.27. The molecule has 0 saturated carbocycles. The molecule has 2 heteroatoms. The lowest BCUT2D eigenvalue weighted by atomic mass is 10.1. The van der Waals surface area contributed by atoms with Crippen LogP contribution in [0.4, 0.5) is 0 Å². The van der Waals surface area contributed by atoms with Gasteiger partial charge in [0, 0.05) is 17.9 Å². The average molecular weight is 176 g/mol. The van der Waals surface area contributed by atoms with Crippen LogP contribution in [0, 0.1) is 6.92 Å².